The highest BCUT2D eigenvalue weighted by Gasteiger charge is 2.44. The minimum absolute atomic E-state index is 0.0955. The highest BCUT2D eigenvalue weighted by molar-refractivity contribution is 6.11. The molecule has 0 amide bonds. The molecule has 0 N–H and O–H groups in total. The van der Waals surface area contributed by atoms with E-state index in [2.05, 4.69) is 23.3 Å². The fourth-order valence-corrected chi connectivity index (χ4v) is 5.52. The molecule has 0 spiro atoms. The number of hydrogen-bond acceptors (Lipinski definition) is 5. The molecule has 1 aliphatic heterocycles. The maximum Gasteiger partial charge on any atom is 0.337 e. The zero-order valence-corrected chi connectivity index (χ0v) is 20.5. The van der Waals surface area contributed by atoms with Crippen LogP contribution in [-0.4, -0.2) is 61.2 Å². The maximum absolute atomic E-state index is 14.4. The monoisotopic (exact) mass is 478 g/mol. The van der Waals surface area contributed by atoms with Gasteiger partial charge in [0.15, 0.2) is 5.78 Å². The fourth-order valence-electron chi connectivity index (χ4n) is 5.52. The lowest BCUT2D eigenvalue weighted by Crippen LogP contribution is -2.48. The largest absolute Gasteiger partial charge is 0.465 e. The van der Waals surface area contributed by atoms with E-state index in [1.165, 1.54) is 19.2 Å². The number of ether oxygens (including phenoxy) is 2. The number of benzene rings is 2. The predicted molar refractivity (Wildman–Crippen MR) is 131 cm³/mol. The quantitative estimate of drug-likeness (QED) is 0.511. The van der Waals surface area contributed by atoms with Crippen molar-refractivity contribution in [2.75, 3.05) is 40.0 Å². The van der Waals surface area contributed by atoms with Gasteiger partial charge in [-0.15, -0.1) is 0 Å². The van der Waals surface area contributed by atoms with Crippen molar-refractivity contribution in [2.45, 2.75) is 26.8 Å². The summed E-state index contributed by atoms with van der Waals surface area (Å²) in [5.74, 6) is -0.801. The number of Topliss-reactive ketones (excluding diaryl/α,β-unsaturated/α-hetero) is 1. The van der Waals surface area contributed by atoms with Gasteiger partial charge in [-0.2, -0.15) is 0 Å². The number of ketones is 1. The predicted octanol–water partition coefficient (Wildman–Crippen LogP) is 4.33. The van der Waals surface area contributed by atoms with E-state index < -0.39 is 0 Å². The van der Waals surface area contributed by atoms with Crippen molar-refractivity contribution in [3.05, 3.63) is 70.7 Å². The molecule has 5 rings (SSSR count). The Morgan fingerprint density at radius 3 is 2.54 bits per heavy atom. The van der Waals surface area contributed by atoms with E-state index in [0.717, 1.165) is 36.3 Å². The molecule has 2 aliphatic rings. The fraction of sp³-hybridized carbons (Fsp3) is 0.429. The van der Waals surface area contributed by atoms with Crippen LogP contribution in [0.3, 0.4) is 0 Å². The zero-order valence-electron chi connectivity index (χ0n) is 20.5. The molecule has 1 saturated heterocycles. The number of morpholine rings is 1. The summed E-state index contributed by atoms with van der Waals surface area (Å²) in [6.07, 6.45) is 0.722. The molecule has 1 unspecified atom stereocenters. The molecule has 184 valence electrons. The molecule has 0 saturated carbocycles. The van der Waals surface area contributed by atoms with Crippen molar-refractivity contribution in [1.82, 2.24) is 9.47 Å². The van der Waals surface area contributed by atoms with Crippen LogP contribution < -0.4 is 0 Å². The van der Waals surface area contributed by atoms with Gasteiger partial charge in [-0.05, 0) is 47.7 Å². The number of nitrogens with zero attached hydrogens (tertiary/aromatic N) is 2. The first-order chi connectivity index (χ1) is 16.8. The van der Waals surface area contributed by atoms with Crippen LogP contribution in [0.1, 0.15) is 45.8 Å². The van der Waals surface area contributed by atoms with Crippen molar-refractivity contribution in [3.63, 3.8) is 0 Å². The molecular weight excluding hydrogens is 447 g/mol. The Balaban J connectivity index is 1.55. The highest BCUT2D eigenvalue weighted by Crippen LogP contribution is 2.44. The van der Waals surface area contributed by atoms with Crippen LogP contribution in [-0.2, 0) is 22.4 Å². The van der Waals surface area contributed by atoms with Crippen LogP contribution in [0.15, 0.2) is 42.5 Å². The number of hydrogen-bond donors (Lipinski definition) is 0. The summed E-state index contributed by atoms with van der Waals surface area (Å²) in [7, 11) is 1.36. The van der Waals surface area contributed by atoms with Gasteiger partial charge in [0.25, 0.3) is 0 Å². The summed E-state index contributed by atoms with van der Waals surface area (Å²) < 4.78 is 26.8. The number of halogens is 1. The number of rotatable bonds is 5. The molecule has 35 heavy (non-hydrogen) atoms. The number of esters is 1. The Bertz CT molecular complexity index is 1270. The number of methoxy groups -OCH3 is 1. The van der Waals surface area contributed by atoms with Gasteiger partial charge >= 0.3 is 5.97 Å². The normalized spacial score (nSPS) is 20.1. The topological polar surface area (TPSA) is 60.8 Å². The Morgan fingerprint density at radius 2 is 1.86 bits per heavy atom. The van der Waals surface area contributed by atoms with E-state index in [1.54, 1.807) is 18.2 Å². The number of aromatic nitrogens is 1. The Hall–Kier alpha value is -3.03. The second-order valence-electron chi connectivity index (χ2n) is 10.3. The van der Waals surface area contributed by atoms with Crippen LogP contribution in [0.4, 0.5) is 4.39 Å². The summed E-state index contributed by atoms with van der Waals surface area (Å²) in [5, 5.41) is 0.679. The summed E-state index contributed by atoms with van der Waals surface area (Å²) in [6.45, 7) is 8.55. The molecule has 6 nitrogen and oxygen atoms in total. The van der Waals surface area contributed by atoms with Crippen molar-refractivity contribution in [3.8, 4) is 0 Å². The lowest BCUT2D eigenvalue weighted by atomic mass is 9.67. The van der Waals surface area contributed by atoms with E-state index in [4.69, 9.17) is 9.47 Å². The van der Waals surface area contributed by atoms with Crippen LogP contribution in [0, 0.1) is 17.2 Å². The third-order valence-corrected chi connectivity index (χ3v) is 7.52. The van der Waals surface area contributed by atoms with Crippen LogP contribution >= 0.6 is 0 Å². The van der Waals surface area contributed by atoms with Gasteiger partial charge in [0.2, 0.25) is 0 Å². The van der Waals surface area contributed by atoms with Crippen molar-refractivity contribution in [1.29, 1.82) is 0 Å². The van der Waals surface area contributed by atoms with E-state index >= 15 is 0 Å². The maximum atomic E-state index is 14.4. The van der Waals surface area contributed by atoms with Gasteiger partial charge in [-0.3, -0.25) is 9.69 Å². The van der Waals surface area contributed by atoms with E-state index in [1.807, 2.05) is 12.1 Å². The van der Waals surface area contributed by atoms with Gasteiger partial charge in [0.1, 0.15) is 5.82 Å². The number of carbonyl (C=O) groups excluding carboxylic acids is 2. The molecule has 1 atom stereocenters. The van der Waals surface area contributed by atoms with Crippen molar-refractivity contribution >= 4 is 22.7 Å². The van der Waals surface area contributed by atoms with Crippen LogP contribution in [0.2, 0.25) is 0 Å². The molecule has 0 bridgehead atoms. The van der Waals surface area contributed by atoms with Crippen LogP contribution in [0.25, 0.3) is 10.9 Å². The minimum Gasteiger partial charge on any atom is -0.465 e. The van der Waals surface area contributed by atoms with Crippen molar-refractivity contribution in [2.24, 2.45) is 11.3 Å². The first-order valence-electron chi connectivity index (χ1n) is 12.1. The Labute approximate surface area is 204 Å². The van der Waals surface area contributed by atoms with Crippen LogP contribution in [0.5, 0.6) is 0 Å². The van der Waals surface area contributed by atoms with Gasteiger partial charge in [0.05, 0.1) is 25.9 Å². The van der Waals surface area contributed by atoms with Gasteiger partial charge < -0.3 is 14.0 Å². The first-order valence-corrected chi connectivity index (χ1v) is 12.1. The average Bonchev–Trinajstić information content (AvgIpc) is 3.13. The highest BCUT2D eigenvalue weighted by atomic mass is 19.1. The Kier molecular flexibility index (Phi) is 6.23. The van der Waals surface area contributed by atoms with Gasteiger partial charge in [-0.1, -0.05) is 26.0 Å². The molecule has 0 radical (unpaired) electrons. The van der Waals surface area contributed by atoms with E-state index in [9.17, 15) is 14.0 Å². The summed E-state index contributed by atoms with van der Waals surface area (Å²) in [5.41, 5.74) is 3.69. The lowest BCUT2D eigenvalue weighted by Gasteiger charge is -2.41. The molecule has 1 aromatic heterocycles. The summed E-state index contributed by atoms with van der Waals surface area (Å²) in [6, 6.07) is 12.0. The van der Waals surface area contributed by atoms with E-state index in [0.29, 0.717) is 42.8 Å². The lowest BCUT2D eigenvalue weighted by molar-refractivity contribution is 0.0172. The molecule has 2 heterocycles. The van der Waals surface area contributed by atoms with E-state index in [-0.39, 0.29) is 28.9 Å². The van der Waals surface area contributed by atoms with Gasteiger partial charge in [0, 0.05) is 54.3 Å². The molecule has 1 aliphatic carbocycles. The second kappa shape index (κ2) is 9.21. The average molecular weight is 479 g/mol. The summed E-state index contributed by atoms with van der Waals surface area (Å²) in [4.78, 5) is 28.1. The second-order valence-corrected chi connectivity index (χ2v) is 10.3. The third-order valence-electron chi connectivity index (χ3n) is 7.52. The molecule has 3 aromatic rings. The molecule has 1 fully saturated rings. The third kappa shape index (κ3) is 4.39. The standard InChI is InChI=1S/C28H31FN2O4/c1-28(2)15-24-25(26(32)22(28)17-30-10-12-35-13-11-30)21-14-20(29)8-9-23(21)31(24)16-18-4-6-19(7-5-18)27(33)34-3/h4-9,14,22H,10-13,15-17H2,1-3H3. The smallest absolute Gasteiger partial charge is 0.337 e. The minimum atomic E-state index is -0.380. The SMILES string of the molecule is COC(=O)c1ccc(Cn2c3c(c4cc(F)ccc42)C(=O)C(CN2CCOCC2)C(C)(C)C3)cc1. The molecule has 2 aromatic carbocycles. The zero-order chi connectivity index (χ0) is 24.7. The van der Waals surface area contributed by atoms with Crippen molar-refractivity contribution < 1.29 is 23.5 Å². The summed E-state index contributed by atoms with van der Waals surface area (Å²) >= 11 is 0. The molecular formula is C28H31FN2O4. The number of fused-ring (bicyclic) bond motifs is 3. The van der Waals surface area contributed by atoms with Gasteiger partial charge in [-0.25, -0.2) is 9.18 Å². The first kappa shape index (κ1) is 23.7. The Morgan fingerprint density at radius 1 is 1.14 bits per heavy atom. The molecule has 7 heteroatoms. The number of carbonyl (C=O) groups is 2.